The summed E-state index contributed by atoms with van der Waals surface area (Å²) in [5, 5.41) is 2.85. The van der Waals surface area contributed by atoms with Gasteiger partial charge in [-0.2, -0.15) is 0 Å². The summed E-state index contributed by atoms with van der Waals surface area (Å²) in [6, 6.07) is 11.6. The Morgan fingerprint density at radius 1 is 1.12 bits per heavy atom. The number of fused-ring (bicyclic) bond motifs is 1. The zero-order valence-corrected chi connectivity index (χ0v) is 19.1. The van der Waals surface area contributed by atoms with Crippen molar-refractivity contribution in [1.29, 1.82) is 0 Å². The number of hydrogen-bond donors (Lipinski definition) is 1. The van der Waals surface area contributed by atoms with E-state index in [0.717, 1.165) is 5.56 Å². The summed E-state index contributed by atoms with van der Waals surface area (Å²) < 4.78 is 18.9. The van der Waals surface area contributed by atoms with E-state index in [1.807, 2.05) is 12.1 Å². The summed E-state index contributed by atoms with van der Waals surface area (Å²) in [7, 11) is 0. The van der Waals surface area contributed by atoms with Crippen LogP contribution in [-0.4, -0.2) is 53.8 Å². The minimum atomic E-state index is -0.891. The van der Waals surface area contributed by atoms with E-state index in [4.69, 9.17) is 4.74 Å². The van der Waals surface area contributed by atoms with Crippen molar-refractivity contribution >= 4 is 17.6 Å². The van der Waals surface area contributed by atoms with Gasteiger partial charge in [-0.1, -0.05) is 45.0 Å². The maximum atomic E-state index is 13.5. The average Bonchev–Trinajstić information content (AvgIpc) is 3.37. The van der Waals surface area contributed by atoms with E-state index in [0.29, 0.717) is 24.1 Å². The summed E-state index contributed by atoms with van der Waals surface area (Å²) in [5.74, 6) is -1.19. The molecule has 0 aromatic heterocycles. The molecule has 2 aliphatic rings. The van der Waals surface area contributed by atoms with Crippen LogP contribution in [0.4, 0.5) is 4.39 Å². The molecular weight excluding hydrogens is 423 g/mol. The molecule has 2 aromatic carbocycles. The van der Waals surface area contributed by atoms with Gasteiger partial charge in [-0.25, -0.2) is 4.39 Å². The third-order valence-electron chi connectivity index (χ3n) is 6.36. The van der Waals surface area contributed by atoms with Crippen molar-refractivity contribution in [2.75, 3.05) is 13.2 Å². The van der Waals surface area contributed by atoms with Crippen molar-refractivity contribution in [2.45, 2.75) is 57.2 Å². The Bertz CT molecular complexity index is 1040. The Morgan fingerprint density at radius 3 is 2.42 bits per heavy atom. The standard InChI is InChI=1S/C26H29FN2O4/c1-26(2,3)18-8-6-17(7-9-18)24(31)28-20(14-16-4-10-19(27)11-5-16)25(32)29-13-12-22-23(29)21(30)15-33-22/h4-11,20,22-23H,12-15H2,1-3H3,(H,28,31). The number of nitrogens with one attached hydrogen (secondary N) is 1. The van der Waals surface area contributed by atoms with Gasteiger partial charge in [0.25, 0.3) is 5.91 Å². The van der Waals surface area contributed by atoms with Crippen molar-refractivity contribution in [3.05, 3.63) is 71.0 Å². The van der Waals surface area contributed by atoms with Gasteiger partial charge in [0.15, 0.2) is 5.78 Å². The normalized spacial score (nSPS) is 21.1. The Hall–Kier alpha value is -3.06. The van der Waals surface area contributed by atoms with Gasteiger partial charge in [-0.3, -0.25) is 14.4 Å². The molecular formula is C26H29FN2O4. The number of likely N-dealkylation sites (tertiary alicyclic amines) is 1. The first kappa shape index (κ1) is 23.1. The number of ketones is 1. The fourth-order valence-electron chi connectivity index (χ4n) is 4.46. The Kier molecular flexibility index (Phi) is 6.34. The summed E-state index contributed by atoms with van der Waals surface area (Å²) in [5.41, 5.74) is 2.21. The Labute approximate surface area is 193 Å². The molecule has 7 heteroatoms. The molecule has 0 aliphatic carbocycles. The lowest BCUT2D eigenvalue weighted by molar-refractivity contribution is -0.138. The van der Waals surface area contributed by atoms with Gasteiger partial charge in [0.1, 0.15) is 24.5 Å². The van der Waals surface area contributed by atoms with Crippen LogP contribution in [0.1, 0.15) is 48.7 Å². The lowest BCUT2D eigenvalue weighted by atomic mass is 9.86. The third kappa shape index (κ3) is 4.98. The van der Waals surface area contributed by atoms with Crippen LogP contribution in [-0.2, 0) is 26.2 Å². The zero-order valence-electron chi connectivity index (χ0n) is 19.1. The monoisotopic (exact) mass is 452 g/mol. The molecule has 0 saturated carbocycles. The van der Waals surface area contributed by atoms with Crippen LogP contribution in [0.3, 0.4) is 0 Å². The third-order valence-corrected chi connectivity index (χ3v) is 6.36. The van der Waals surface area contributed by atoms with Gasteiger partial charge in [0, 0.05) is 18.5 Å². The number of hydrogen-bond acceptors (Lipinski definition) is 4. The number of rotatable bonds is 5. The van der Waals surface area contributed by atoms with Gasteiger partial charge >= 0.3 is 0 Å². The molecule has 2 amide bonds. The van der Waals surface area contributed by atoms with Crippen LogP contribution in [0.2, 0.25) is 0 Å². The number of halogens is 1. The molecule has 6 nitrogen and oxygen atoms in total. The SMILES string of the molecule is CC(C)(C)c1ccc(C(=O)NC(Cc2ccc(F)cc2)C(=O)N2CCC3OCC(=O)C32)cc1. The molecule has 174 valence electrons. The molecule has 3 atom stereocenters. The first-order valence-corrected chi connectivity index (χ1v) is 11.2. The van der Waals surface area contributed by atoms with Crippen molar-refractivity contribution in [3.8, 4) is 0 Å². The van der Waals surface area contributed by atoms with Gasteiger partial charge < -0.3 is 15.0 Å². The second-order valence-corrected chi connectivity index (χ2v) is 9.76. The van der Waals surface area contributed by atoms with Crippen LogP contribution >= 0.6 is 0 Å². The summed E-state index contributed by atoms with van der Waals surface area (Å²) in [4.78, 5) is 40.3. The fourth-order valence-corrected chi connectivity index (χ4v) is 4.46. The molecule has 1 N–H and O–H groups in total. The van der Waals surface area contributed by atoms with Crippen molar-refractivity contribution in [1.82, 2.24) is 10.2 Å². The summed E-state index contributed by atoms with van der Waals surface area (Å²) in [6.45, 7) is 6.69. The summed E-state index contributed by atoms with van der Waals surface area (Å²) in [6.07, 6.45) is 0.496. The number of benzene rings is 2. The van der Waals surface area contributed by atoms with Crippen LogP contribution in [0.25, 0.3) is 0 Å². The van der Waals surface area contributed by atoms with E-state index in [-0.39, 0.29) is 48.0 Å². The highest BCUT2D eigenvalue weighted by Crippen LogP contribution is 2.28. The lowest BCUT2D eigenvalue weighted by Crippen LogP contribution is -2.53. The summed E-state index contributed by atoms with van der Waals surface area (Å²) >= 11 is 0. The molecule has 0 spiro atoms. The number of carbonyl (C=O) groups is 3. The van der Waals surface area contributed by atoms with E-state index in [9.17, 15) is 18.8 Å². The van der Waals surface area contributed by atoms with Crippen molar-refractivity contribution in [3.63, 3.8) is 0 Å². The topological polar surface area (TPSA) is 75.7 Å². The van der Waals surface area contributed by atoms with Crippen LogP contribution in [0, 0.1) is 5.82 Å². The molecule has 3 unspecified atom stereocenters. The second kappa shape index (κ2) is 9.06. The number of nitrogens with zero attached hydrogens (tertiary/aromatic N) is 1. The number of amides is 2. The highest BCUT2D eigenvalue weighted by Gasteiger charge is 2.48. The Balaban J connectivity index is 1.56. The van der Waals surface area contributed by atoms with Crippen molar-refractivity contribution < 1.29 is 23.5 Å². The Morgan fingerprint density at radius 2 is 1.79 bits per heavy atom. The predicted octanol–water partition coefficient (Wildman–Crippen LogP) is 3.03. The highest BCUT2D eigenvalue weighted by atomic mass is 19.1. The first-order chi connectivity index (χ1) is 15.6. The van der Waals surface area contributed by atoms with Gasteiger partial charge in [0.2, 0.25) is 5.91 Å². The van der Waals surface area contributed by atoms with E-state index in [1.165, 1.54) is 17.0 Å². The molecule has 33 heavy (non-hydrogen) atoms. The van der Waals surface area contributed by atoms with Gasteiger partial charge in [0.05, 0.1) is 6.10 Å². The van der Waals surface area contributed by atoms with Crippen LogP contribution in [0.5, 0.6) is 0 Å². The molecule has 2 heterocycles. The van der Waals surface area contributed by atoms with E-state index in [1.54, 1.807) is 24.3 Å². The molecule has 0 radical (unpaired) electrons. The van der Waals surface area contributed by atoms with Gasteiger partial charge in [-0.05, 0) is 47.2 Å². The van der Waals surface area contributed by atoms with Crippen LogP contribution < -0.4 is 5.32 Å². The molecule has 2 aromatic rings. The minimum absolute atomic E-state index is 0.00816. The zero-order chi connectivity index (χ0) is 23.8. The molecule has 2 aliphatic heterocycles. The molecule has 2 fully saturated rings. The maximum Gasteiger partial charge on any atom is 0.251 e. The van der Waals surface area contributed by atoms with E-state index < -0.39 is 12.1 Å². The number of carbonyl (C=O) groups excluding carboxylic acids is 3. The van der Waals surface area contributed by atoms with Crippen LogP contribution in [0.15, 0.2) is 48.5 Å². The number of Topliss-reactive ketones (excluding diaryl/α,β-unsaturated/α-hetero) is 1. The van der Waals surface area contributed by atoms with E-state index in [2.05, 4.69) is 26.1 Å². The van der Waals surface area contributed by atoms with Gasteiger partial charge in [-0.15, -0.1) is 0 Å². The molecule has 0 bridgehead atoms. The second-order valence-electron chi connectivity index (χ2n) is 9.76. The molecule has 2 saturated heterocycles. The maximum absolute atomic E-state index is 13.5. The lowest BCUT2D eigenvalue weighted by Gasteiger charge is -2.28. The fraction of sp³-hybridized carbons (Fsp3) is 0.423. The first-order valence-electron chi connectivity index (χ1n) is 11.2. The van der Waals surface area contributed by atoms with E-state index >= 15 is 0 Å². The quantitative estimate of drug-likeness (QED) is 0.757. The molecule has 4 rings (SSSR count). The largest absolute Gasteiger partial charge is 0.368 e. The smallest absolute Gasteiger partial charge is 0.251 e. The number of ether oxygens (including phenoxy) is 1. The van der Waals surface area contributed by atoms with Crippen molar-refractivity contribution in [2.24, 2.45) is 0 Å². The average molecular weight is 453 g/mol. The highest BCUT2D eigenvalue weighted by molar-refractivity contribution is 5.99. The predicted molar refractivity (Wildman–Crippen MR) is 121 cm³/mol. The minimum Gasteiger partial charge on any atom is -0.368 e.